The van der Waals surface area contributed by atoms with Crippen molar-refractivity contribution in [1.82, 2.24) is 0 Å². The molecule has 4 rings (SSSR count). The Morgan fingerprint density at radius 2 is 1.56 bits per heavy atom. The number of carbonyl (C=O) groups is 2. The molecule has 0 bridgehead atoms. The molecule has 1 aliphatic heterocycles. The Kier molecular flexibility index (Phi) is 5.82. The molecule has 0 saturated carbocycles. The van der Waals surface area contributed by atoms with Crippen LogP contribution in [0.15, 0.2) is 72.4 Å². The second-order valence-electron chi connectivity index (χ2n) is 7.88. The van der Waals surface area contributed by atoms with E-state index in [-0.39, 0.29) is 17.5 Å². The van der Waals surface area contributed by atoms with E-state index in [1.165, 1.54) is 4.90 Å². The summed E-state index contributed by atoms with van der Waals surface area (Å²) in [4.78, 5) is 28.4. The number of hydrogen-bond donors (Lipinski definition) is 1. The smallest absolute Gasteiger partial charge is 0.282 e. The quantitative estimate of drug-likeness (QED) is 0.536. The van der Waals surface area contributed by atoms with E-state index in [1.54, 1.807) is 6.07 Å². The molecule has 0 aromatic heterocycles. The SMILES string of the molecule is CCOc1ccc(C2=C(Nc3ccc(C)cc3C)C(=O)N(c3ccccc3C)C2=O)cc1. The monoisotopic (exact) mass is 426 g/mol. The van der Waals surface area contributed by atoms with Crippen LogP contribution in [-0.4, -0.2) is 18.4 Å². The minimum atomic E-state index is -0.367. The molecule has 0 aliphatic carbocycles. The molecule has 0 radical (unpaired) electrons. The molecule has 0 fully saturated rings. The van der Waals surface area contributed by atoms with Gasteiger partial charge in [-0.2, -0.15) is 0 Å². The predicted octanol–water partition coefficient (Wildman–Crippen LogP) is 5.41. The number of benzene rings is 3. The second-order valence-corrected chi connectivity index (χ2v) is 7.88. The minimum absolute atomic E-state index is 0.273. The number of rotatable bonds is 6. The van der Waals surface area contributed by atoms with E-state index in [0.717, 1.165) is 22.4 Å². The average molecular weight is 427 g/mol. The Balaban J connectivity index is 1.83. The third-order valence-electron chi connectivity index (χ3n) is 5.54. The van der Waals surface area contributed by atoms with Gasteiger partial charge in [0, 0.05) is 5.69 Å². The van der Waals surface area contributed by atoms with Crippen LogP contribution in [0.4, 0.5) is 11.4 Å². The summed E-state index contributed by atoms with van der Waals surface area (Å²) >= 11 is 0. The lowest BCUT2D eigenvalue weighted by molar-refractivity contribution is -0.120. The maximum Gasteiger partial charge on any atom is 0.282 e. The Morgan fingerprint density at radius 3 is 2.22 bits per heavy atom. The van der Waals surface area contributed by atoms with Crippen molar-refractivity contribution in [3.63, 3.8) is 0 Å². The lowest BCUT2D eigenvalue weighted by Gasteiger charge is -2.18. The van der Waals surface area contributed by atoms with Crippen LogP contribution in [0.1, 0.15) is 29.2 Å². The molecule has 162 valence electrons. The summed E-state index contributed by atoms with van der Waals surface area (Å²) in [7, 11) is 0. The van der Waals surface area contributed by atoms with Crippen LogP contribution in [0.2, 0.25) is 0 Å². The van der Waals surface area contributed by atoms with Crippen molar-refractivity contribution in [2.75, 3.05) is 16.8 Å². The van der Waals surface area contributed by atoms with Gasteiger partial charge in [-0.1, -0.05) is 48.0 Å². The van der Waals surface area contributed by atoms with Crippen LogP contribution < -0.4 is 15.0 Å². The van der Waals surface area contributed by atoms with E-state index >= 15 is 0 Å². The lowest BCUT2D eigenvalue weighted by Crippen LogP contribution is -2.33. The van der Waals surface area contributed by atoms with Gasteiger partial charge < -0.3 is 10.1 Å². The largest absolute Gasteiger partial charge is 0.494 e. The van der Waals surface area contributed by atoms with E-state index in [9.17, 15) is 9.59 Å². The van der Waals surface area contributed by atoms with Crippen molar-refractivity contribution in [2.24, 2.45) is 0 Å². The highest BCUT2D eigenvalue weighted by atomic mass is 16.5. The fourth-order valence-corrected chi connectivity index (χ4v) is 3.92. The molecule has 3 aromatic carbocycles. The van der Waals surface area contributed by atoms with Crippen LogP contribution in [-0.2, 0) is 9.59 Å². The molecule has 3 aromatic rings. The molecule has 1 aliphatic rings. The maximum atomic E-state index is 13.6. The van der Waals surface area contributed by atoms with Crippen LogP contribution >= 0.6 is 0 Å². The summed E-state index contributed by atoms with van der Waals surface area (Å²) < 4.78 is 5.53. The maximum absolute atomic E-state index is 13.6. The summed E-state index contributed by atoms with van der Waals surface area (Å²) in [5.74, 6) is 0.00200. The van der Waals surface area contributed by atoms with Crippen LogP contribution in [0.3, 0.4) is 0 Å². The van der Waals surface area contributed by atoms with Gasteiger partial charge >= 0.3 is 0 Å². The Hall–Kier alpha value is -3.86. The molecule has 1 N–H and O–H groups in total. The van der Waals surface area contributed by atoms with Crippen molar-refractivity contribution in [3.05, 3.63) is 94.7 Å². The van der Waals surface area contributed by atoms with Gasteiger partial charge in [0.25, 0.3) is 11.8 Å². The number of anilines is 2. The molecule has 0 spiro atoms. The molecule has 5 nitrogen and oxygen atoms in total. The van der Waals surface area contributed by atoms with Gasteiger partial charge in [-0.3, -0.25) is 9.59 Å². The molecule has 1 heterocycles. The molecule has 0 unspecified atom stereocenters. The molecule has 0 atom stereocenters. The molecular weight excluding hydrogens is 400 g/mol. The van der Waals surface area contributed by atoms with Crippen LogP contribution in [0.25, 0.3) is 5.57 Å². The number of hydrogen-bond acceptors (Lipinski definition) is 4. The summed E-state index contributed by atoms with van der Waals surface area (Å²) in [5, 5.41) is 3.26. The van der Waals surface area contributed by atoms with Gasteiger partial charge in [-0.25, -0.2) is 4.90 Å². The summed E-state index contributed by atoms with van der Waals surface area (Å²) in [6.45, 7) is 8.36. The minimum Gasteiger partial charge on any atom is -0.494 e. The average Bonchev–Trinajstić information content (AvgIpc) is 3.01. The standard InChI is InChI=1S/C27H26N2O3/c1-5-32-21-13-11-20(12-14-21)24-25(28-22-15-10-17(2)16-19(22)4)27(31)29(26(24)30)23-9-7-6-8-18(23)3/h6-16,28H,5H2,1-4H3. The highest BCUT2D eigenvalue weighted by molar-refractivity contribution is 6.46. The third-order valence-corrected chi connectivity index (χ3v) is 5.54. The number of imide groups is 1. The zero-order chi connectivity index (χ0) is 22.8. The first-order chi connectivity index (χ1) is 15.4. The first-order valence-electron chi connectivity index (χ1n) is 10.7. The fourth-order valence-electron chi connectivity index (χ4n) is 3.92. The van der Waals surface area contributed by atoms with Crippen LogP contribution in [0, 0.1) is 20.8 Å². The number of nitrogens with one attached hydrogen (secondary N) is 1. The van der Waals surface area contributed by atoms with Gasteiger partial charge in [0.2, 0.25) is 0 Å². The number of carbonyl (C=O) groups excluding carboxylic acids is 2. The lowest BCUT2D eigenvalue weighted by atomic mass is 10.0. The van der Waals surface area contributed by atoms with Crippen LogP contribution in [0.5, 0.6) is 5.75 Å². The predicted molar refractivity (Wildman–Crippen MR) is 128 cm³/mol. The first-order valence-corrected chi connectivity index (χ1v) is 10.7. The summed E-state index contributed by atoms with van der Waals surface area (Å²) in [6, 6.07) is 20.6. The first kappa shape index (κ1) is 21.4. The fraction of sp³-hybridized carbons (Fsp3) is 0.185. The zero-order valence-electron chi connectivity index (χ0n) is 18.7. The Labute approximate surface area is 188 Å². The Bertz CT molecular complexity index is 1230. The van der Waals surface area contributed by atoms with E-state index in [4.69, 9.17) is 4.74 Å². The van der Waals surface area contributed by atoms with E-state index in [2.05, 4.69) is 5.32 Å². The number of para-hydroxylation sites is 1. The topological polar surface area (TPSA) is 58.6 Å². The van der Waals surface area contributed by atoms with Gasteiger partial charge in [-0.15, -0.1) is 0 Å². The Morgan fingerprint density at radius 1 is 0.844 bits per heavy atom. The molecular formula is C27H26N2O3. The van der Waals surface area contributed by atoms with E-state index in [1.807, 2.05) is 88.4 Å². The van der Waals surface area contributed by atoms with Crippen molar-refractivity contribution < 1.29 is 14.3 Å². The van der Waals surface area contributed by atoms with E-state index < -0.39 is 0 Å². The number of nitrogens with zero attached hydrogens (tertiary/aromatic N) is 1. The number of ether oxygens (including phenoxy) is 1. The zero-order valence-corrected chi connectivity index (χ0v) is 18.7. The van der Waals surface area contributed by atoms with Gasteiger partial charge in [0.1, 0.15) is 11.4 Å². The normalized spacial score (nSPS) is 13.7. The van der Waals surface area contributed by atoms with Crippen molar-refractivity contribution in [3.8, 4) is 5.75 Å². The van der Waals surface area contributed by atoms with Crippen molar-refractivity contribution in [1.29, 1.82) is 0 Å². The summed E-state index contributed by atoms with van der Waals surface area (Å²) in [5.41, 5.74) is 5.64. The molecule has 32 heavy (non-hydrogen) atoms. The number of aryl methyl sites for hydroxylation is 3. The van der Waals surface area contributed by atoms with Gasteiger partial charge in [-0.05, 0) is 68.7 Å². The molecule has 5 heteroatoms. The third kappa shape index (κ3) is 3.89. The second kappa shape index (κ2) is 8.71. The summed E-state index contributed by atoms with van der Waals surface area (Å²) in [6.07, 6.45) is 0. The van der Waals surface area contributed by atoms with Crippen molar-refractivity contribution >= 4 is 28.8 Å². The number of amides is 2. The van der Waals surface area contributed by atoms with Gasteiger partial charge in [0.15, 0.2) is 0 Å². The van der Waals surface area contributed by atoms with Crippen molar-refractivity contribution in [2.45, 2.75) is 27.7 Å². The highest BCUT2D eigenvalue weighted by Crippen LogP contribution is 2.36. The molecule has 0 saturated heterocycles. The highest BCUT2D eigenvalue weighted by Gasteiger charge is 2.40. The van der Waals surface area contributed by atoms with E-state index in [0.29, 0.717) is 29.2 Å². The molecule has 2 amide bonds. The van der Waals surface area contributed by atoms with Gasteiger partial charge in [0.05, 0.1) is 17.9 Å².